The van der Waals surface area contributed by atoms with Crippen LogP contribution in [-0.2, 0) is 0 Å². The minimum absolute atomic E-state index is 0. The van der Waals surface area contributed by atoms with E-state index >= 15 is 0 Å². The molecule has 0 aliphatic heterocycles. The highest BCUT2D eigenvalue weighted by molar-refractivity contribution is 14.0. The first-order valence-electron chi connectivity index (χ1n) is 7.40. The summed E-state index contributed by atoms with van der Waals surface area (Å²) in [5.74, 6) is 2.51. The van der Waals surface area contributed by atoms with E-state index in [0.717, 1.165) is 30.4 Å². The molecule has 1 N–H and O–H groups in total. The second kappa shape index (κ2) is 12.4. The van der Waals surface area contributed by atoms with Crippen LogP contribution in [0.15, 0.2) is 29.3 Å². The first-order valence-corrected chi connectivity index (χ1v) is 7.40. The first kappa shape index (κ1) is 20.8. The number of rotatable bonds is 8. The van der Waals surface area contributed by atoms with Crippen molar-refractivity contribution in [3.05, 3.63) is 24.3 Å². The van der Waals surface area contributed by atoms with Crippen molar-refractivity contribution in [2.24, 2.45) is 4.99 Å². The Balaban J connectivity index is 0.00000441. The third-order valence-electron chi connectivity index (χ3n) is 3.12. The van der Waals surface area contributed by atoms with Crippen LogP contribution in [0.25, 0.3) is 0 Å². The van der Waals surface area contributed by atoms with E-state index < -0.39 is 0 Å². The van der Waals surface area contributed by atoms with Crippen molar-refractivity contribution in [1.82, 2.24) is 10.2 Å². The molecule has 0 aliphatic rings. The second-order valence-electron chi connectivity index (χ2n) is 4.78. The zero-order chi connectivity index (χ0) is 15.5. The fraction of sp³-hybridized carbons (Fsp3) is 0.562. The maximum Gasteiger partial charge on any atom is 0.193 e. The number of guanidine groups is 1. The third-order valence-corrected chi connectivity index (χ3v) is 3.12. The summed E-state index contributed by atoms with van der Waals surface area (Å²) in [4.78, 5) is 6.40. The van der Waals surface area contributed by atoms with E-state index in [1.54, 1.807) is 14.2 Å². The lowest BCUT2D eigenvalue weighted by atomic mass is 10.3. The van der Waals surface area contributed by atoms with E-state index in [1.165, 1.54) is 6.42 Å². The number of nitrogens with one attached hydrogen (secondary N) is 1. The molecule has 0 amide bonds. The van der Waals surface area contributed by atoms with Gasteiger partial charge in [-0.05, 0) is 18.6 Å². The second-order valence-corrected chi connectivity index (χ2v) is 4.78. The largest absolute Gasteiger partial charge is 0.497 e. The van der Waals surface area contributed by atoms with Gasteiger partial charge in [0.2, 0.25) is 0 Å². The van der Waals surface area contributed by atoms with Crippen LogP contribution < -0.4 is 14.8 Å². The number of halogens is 1. The van der Waals surface area contributed by atoms with Crippen molar-refractivity contribution >= 4 is 29.9 Å². The summed E-state index contributed by atoms with van der Waals surface area (Å²) in [6.45, 7) is 4.48. The van der Waals surface area contributed by atoms with E-state index in [-0.39, 0.29) is 24.0 Å². The Hall–Kier alpha value is -1.18. The lowest BCUT2D eigenvalue weighted by molar-refractivity contribution is 0.316. The van der Waals surface area contributed by atoms with Crippen LogP contribution >= 0.6 is 24.0 Å². The minimum Gasteiger partial charge on any atom is -0.497 e. The number of nitrogens with zero attached hydrogens (tertiary/aromatic N) is 2. The molecular weight excluding hydrogens is 393 g/mol. The maximum atomic E-state index is 5.69. The topological polar surface area (TPSA) is 46.1 Å². The Kier molecular flexibility index (Phi) is 11.7. The predicted octanol–water partition coefficient (Wildman–Crippen LogP) is 3.00. The maximum absolute atomic E-state index is 5.69. The standard InChI is InChI=1S/C16H27N3O2.HI/c1-5-6-11-19(3)16(17-2)18-10-12-21-15-9-7-8-14(13-15)20-4;/h7-9,13H,5-6,10-12H2,1-4H3,(H,17,18);1H. The number of benzene rings is 1. The number of methoxy groups -OCH3 is 1. The van der Waals surface area contributed by atoms with Gasteiger partial charge in [-0.2, -0.15) is 0 Å². The van der Waals surface area contributed by atoms with Gasteiger partial charge in [-0.15, -0.1) is 24.0 Å². The minimum atomic E-state index is 0. The van der Waals surface area contributed by atoms with Crippen molar-refractivity contribution in [2.45, 2.75) is 19.8 Å². The molecule has 0 heterocycles. The number of aliphatic imine (C=N–C) groups is 1. The van der Waals surface area contributed by atoms with Gasteiger partial charge >= 0.3 is 0 Å². The number of unbranched alkanes of at least 4 members (excludes halogenated alkanes) is 1. The molecule has 0 aromatic heterocycles. The van der Waals surface area contributed by atoms with Crippen molar-refractivity contribution in [2.75, 3.05) is 40.9 Å². The molecule has 0 aliphatic carbocycles. The molecule has 6 heteroatoms. The van der Waals surface area contributed by atoms with E-state index in [9.17, 15) is 0 Å². The zero-order valence-corrected chi connectivity index (χ0v) is 16.3. The van der Waals surface area contributed by atoms with Gasteiger partial charge in [0.25, 0.3) is 0 Å². The highest BCUT2D eigenvalue weighted by Gasteiger charge is 2.04. The number of ether oxygens (including phenoxy) is 2. The zero-order valence-electron chi connectivity index (χ0n) is 14.0. The van der Waals surface area contributed by atoms with Crippen LogP contribution in [0.2, 0.25) is 0 Å². The summed E-state index contributed by atoms with van der Waals surface area (Å²) in [5.41, 5.74) is 0. The van der Waals surface area contributed by atoms with Gasteiger partial charge in [-0.3, -0.25) is 4.99 Å². The quantitative estimate of drug-likeness (QED) is 0.304. The molecule has 1 rings (SSSR count). The van der Waals surface area contributed by atoms with Crippen LogP contribution in [0.1, 0.15) is 19.8 Å². The van der Waals surface area contributed by atoms with Crippen LogP contribution in [0.5, 0.6) is 11.5 Å². The van der Waals surface area contributed by atoms with Gasteiger partial charge in [0.15, 0.2) is 5.96 Å². The molecule has 22 heavy (non-hydrogen) atoms. The van der Waals surface area contributed by atoms with Crippen molar-refractivity contribution in [3.8, 4) is 11.5 Å². The molecular formula is C16H28IN3O2. The van der Waals surface area contributed by atoms with Crippen molar-refractivity contribution in [1.29, 1.82) is 0 Å². The van der Waals surface area contributed by atoms with E-state index in [4.69, 9.17) is 9.47 Å². The molecule has 0 saturated heterocycles. The number of hydrogen-bond acceptors (Lipinski definition) is 3. The summed E-state index contributed by atoms with van der Waals surface area (Å²) < 4.78 is 10.9. The predicted molar refractivity (Wildman–Crippen MR) is 103 cm³/mol. The normalized spacial score (nSPS) is 10.6. The fourth-order valence-electron chi connectivity index (χ4n) is 1.91. The Bertz CT molecular complexity index is 441. The van der Waals surface area contributed by atoms with Crippen LogP contribution in [0, 0.1) is 0 Å². The van der Waals surface area contributed by atoms with Crippen molar-refractivity contribution in [3.63, 3.8) is 0 Å². The molecule has 5 nitrogen and oxygen atoms in total. The smallest absolute Gasteiger partial charge is 0.193 e. The Labute approximate surface area is 151 Å². The molecule has 0 radical (unpaired) electrons. The molecule has 126 valence electrons. The van der Waals surface area contributed by atoms with Gasteiger partial charge in [-0.1, -0.05) is 19.4 Å². The van der Waals surface area contributed by atoms with E-state index in [1.807, 2.05) is 31.3 Å². The highest BCUT2D eigenvalue weighted by atomic mass is 127. The Morgan fingerprint density at radius 3 is 2.68 bits per heavy atom. The molecule has 0 atom stereocenters. The fourth-order valence-corrected chi connectivity index (χ4v) is 1.91. The molecule has 1 aromatic carbocycles. The molecule has 0 spiro atoms. The summed E-state index contributed by atoms with van der Waals surface area (Å²) in [6, 6.07) is 7.61. The lowest BCUT2D eigenvalue weighted by Crippen LogP contribution is -2.41. The summed E-state index contributed by atoms with van der Waals surface area (Å²) in [5, 5.41) is 3.30. The molecule has 0 saturated carbocycles. The van der Waals surface area contributed by atoms with Crippen LogP contribution in [0.4, 0.5) is 0 Å². The first-order chi connectivity index (χ1) is 10.2. The van der Waals surface area contributed by atoms with E-state index in [0.29, 0.717) is 13.2 Å². The van der Waals surface area contributed by atoms with Gasteiger partial charge in [0, 0.05) is 26.7 Å². The monoisotopic (exact) mass is 421 g/mol. The molecule has 0 bridgehead atoms. The van der Waals surface area contributed by atoms with Crippen molar-refractivity contribution < 1.29 is 9.47 Å². The summed E-state index contributed by atoms with van der Waals surface area (Å²) in [7, 11) is 5.50. The average Bonchev–Trinajstić information content (AvgIpc) is 2.52. The Morgan fingerprint density at radius 2 is 2.05 bits per heavy atom. The van der Waals surface area contributed by atoms with Gasteiger partial charge in [0.05, 0.1) is 13.7 Å². The SMILES string of the molecule is CCCCN(C)C(=NC)NCCOc1cccc(OC)c1.I. The van der Waals surface area contributed by atoms with Gasteiger partial charge in [0.1, 0.15) is 18.1 Å². The Morgan fingerprint density at radius 1 is 1.32 bits per heavy atom. The highest BCUT2D eigenvalue weighted by Crippen LogP contribution is 2.18. The molecule has 0 unspecified atom stereocenters. The van der Waals surface area contributed by atoms with Gasteiger partial charge < -0.3 is 19.7 Å². The number of hydrogen-bond donors (Lipinski definition) is 1. The molecule has 0 fully saturated rings. The van der Waals surface area contributed by atoms with Crippen LogP contribution in [0.3, 0.4) is 0 Å². The lowest BCUT2D eigenvalue weighted by Gasteiger charge is -2.21. The summed E-state index contributed by atoms with van der Waals surface area (Å²) in [6.07, 6.45) is 2.35. The van der Waals surface area contributed by atoms with Gasteiger partial charge in [-0.25, -0.2) is 0 Å². The van der Waals surface area contributed by atoms with Crippen LogP contribution in [-0.4, -0.2) is 51.8 Å². The average molecular weight is 421 g/mol. The summed E-state index contributed by atoms with van der Waals surface area (Å²) >= 11 is 0. The molecule has 1 aromatic rings. The third kappa shape index (κ3) is 7.72. The van der Waals surface area contributed by atoms with E-state index in [2.05, 4.69) is 22.1 Å².